The second kappa shape index (κ2) is 10.2. The van der Waals surface area contributed by atoms with Crippen LogP contribution in [-0.2, 0) is 11.2 Å². The Hall–Kier alpha value is -3.14. The Bertz CT molecular complexity index is 1270. The molecule has 168 valence electrons. The third kappa shape index (κ3) is 5.44. The molecule has 2 heterocycles. The van der Waals surface area contributed by atoms with Gasteiger partial charge in [0.2, 0.25) is 5.91 Å². The molecule has 1 atom stereocenters. The fourth-order valence-electron chi connectivity index (χ4n) is 3.14. The number of hydrogen-bond donors (Lipinski definition) is 2. The van der Waals surface area contributed by atoms with Gasteiger partial charge >= 0.3 is 0 Å². The molecule has 0 fully saturated rings. The SMILES string of the molecule is CC(Sc1nnc(Cc2ccccc2)n1-c1ccc(Cl)cc1)C(=O)Nc1sccc1C(N)=O. The average Bonchev–Trinajstić information content (AvgIpc) is 3.42. The van der Waals surface area contributed by atoms with Crippen LogP contribution in [0.5, 0.6) is 0 Å². The number of carbonyl (C=O) groups is 2. The predicted octanol–water partition coefficient (Wildman–Crippen LogP) is 4.79. The maximum atomic E-state index is 12.8. The van der Waals surface area contributed by atoms with Gasteiger partial charge in [0.05, 0.1) is 10.8 Å². The minimum atomic E-state index is -0.583. The second-order valence-electron chi connectivity index (χ2n) is 7.15. The highest BCUT2D eigenvalue weighted by atomic mass is 35.5. The smallest absolute Gasteiger partial charge is 0.251 e. The molecule has 10 heteroatoms. The van der Waals surface area contributed by atoms with Crippen LogP contribution in [0, 0.1) is 0 Å². The maximum absolute atomic E-state index is 12.8. The quantitative estimate of drug-likeness (QED) is 0.341. The van der Waals surface area contributed by atoms with E-state index in [2.05, 4.69) is 15.5 Å². The summed E-state index contributed by atoms with van der Waals surface area (Å²) < 4.78 is 1.93. The average molecular weight is 498 g/mol. The molecule has 0 aliphatic carbocycles. The predicted molar refractivity (Wildman–Crippen MR) is 132 cm³/mol. The first-order valence-electron chi connectivity index (χ1n) is 10.0. The van der Waals surface area contributed by atoms with Crippen molar-refractivity contribution in [2.75, 3.05) is 5.32 Å². The monoisotopic (exact) mass is 497 g/mol. The van der Waals surface area contributed by atoms with Gasteiger partial charge in [0, 0.05) is 17.1 Å². The zero-order chi connectivity index (χ0) is 23.4. The Morgan fingerprint density at radius 3 is 2.55 bits per heavy atom. The van der Waals surface area contributed by atoms with Crippen molar-refractivity contribution in [3.05, 3.63) is 88.0 Å². The number of rotatable bonds is 8. The summed E-state index contributed by atoms with van der Waals surface area (Å²) in [5.41, 5.74) is 7.61. The fraction of sp³-hybridized carbons (Fsp3) is 0.130. The molecule has 2 aromatic carbocycles. The van der Waals surface area contributed by atoms with Crippen molar-refractivity contribution in [2.24, 2.45) is 5.73 Å². The Morgan fingerprint density at radius 2 is 1.85 bits per heavy atom. The van der Waals surface area contributed by atoms with Gasteiger partial charge in [0.15, 0.2) is 5.16 Å². The number of carbonyl (C=O) groups excluding carboxylic acids is 2. The summed E-state index contributed by atoms with van der Waals surface area (Å²) in [7, 11) is 0. The van der Waals surface area contributed by atoms with Gasteiger partial charge < -0.3 is 11.1 Å². The number of thiophene rings is 1. The topological polar surface area (TPSA) is 103 Å². The lowest BCUT2D eigenvalue weighted by molar-refractivity contribution is -0.115. The van der Waals surface area contributed by atoms with Crippen LogP contribution in [0.25, 0.3) is 5.69 Å². The van der Waals surface area contributed by atoms with E-state index in [1.165, 1.54) is 23.1 Å². The number of hydrogen-bond acceptors (Lipinski definition) is 6. The summed E-state index contributed by atoms with van der Waals surface area (Å²) in [6, 6.07) is 18.9. The Balaban J connectivity index is 1.60. The van der Waals surface area contributed by atoms with E-state index >= 15 is 0 Å². The molecule has 2 amide bonds. The summed E-state index contributed by atoms with van der Waals surface area (Å²) >= 11 is 8.61. The summed E-state index contributed by atoms with van der Waals surface area (Å²) in [6.07, 6.45) is 0.578. The van der Waals surface area contributed by atoms with E-state index in [-0.39, 0.29) is 5.91 Å². The van der Waals surface area contributed by atoms with Gasteiger partial charge in [-0.1, -0.05) is 53.7 Å². The molecule has 33 heavy (non-hydrogen) atoms. The molecule has 1 unspecified atom stereocenters. The number of nitrogens with one attached hydrogen (secondary N) is 1. The van der Waals surface area contributed by atoms with E-state index in [4.69, 9.17) is 17.3 Å². The van der Waals surface area contributed by atoms with Crippen LogP contribution in [0.3, 0.4) is 0 Å². The van der Waals surface area contributed by atoms with Crippen LogP contribution < -0.4 is 11.1 Å². The molecule has 0 radical (unpaired) electrons. The molecule has 7 nitrogen and oxygen atoms in total. The van der Waals surface area contributed by atoms with Crippen molar-refractivity contribution in [2.45, 2.75) is 23.8 Å². The highest BCUT2D eigenvalue weighted by Gasteiger charge is 2.23. The second-order valence-corrected chi connectivity index (χ2v) is 9.81. The van der Waals surface area contributed by atoms with Gasteiger partial charge in [-0.2, -0.15) is 0 Å². The first kappa shape index (κ1) is 23.0. The molecular weight excluding hydrogens is 478 g/mol. The van der Waals surface area contributed by atoms with Gasteiger partial charge in [0.25, 0.3) is 5.91 Å². The third-order valence-electron chi connectivity index (χ3n) is 4.81. The van der Waals surface area contributed by atoms with E-state index in [0.29, 0.717) is 27.2 Å². The maximum Gasteiger partial charge on any atom is 0.251 e. The summed E-state index contributed by atoms with van der Waals surface area (Å²) in [6.45, 7) is 1.77. The van der Waals surface area contributed by atoms with Gasteiger partial charge in [-0.3, -0.25) is 14.2 Å². The standard InChI is InChI=1S/C23H20ClN5O2S2/c1-14(21(31)26-22-18(20(25)30)11-12-32-22)33-23-28-27-19(13-15-5-3-2-4-6-15)29(23)17-9-7-16(24)8-10-17/h2-12,14H,13H2,1H3,(H2,25,30)(H,26,31). The van der Waals surface area contributed by atoms with Crippen LogP contribution in [0.2, 0.25) is 5.02 Å². The zero-order valence-corrected chi connectivity index (χ0v) is 20.0. The van der Waals surface area contributed by atoms with Gasteiger partial charge in [-0.25, -0.2) is 0 Å². The first-order valence-corrected chi connectivity index (χ1v) is 12.1. The Kier molecular flexibility index (Phi) is 7.12. The van der Waals surface area contributed by atoms with Gasteiger partial charge in [0.1, 0.15) is 10.8 Å². The van der Waals surface area contributed by atoms with E-state index < -0.39 is 11.2 Å². The van der Waals surface area contributed by atoms with E-state index in [0.717, 1.165) is 17.1 Å². The van der Waals surface area contributed by atoms with Crippen molar-refractivity contribution in [1.29, 1.82) is 0 Å². The van der Waals surface area contributed by atoms with Crippen molar-refractivity contribution in [1.82, 2.24) is 14.8 Å². The summed E-state index contributed by atoms with van der Waals surface area (Å²) in [5, 5.41) is 14.4. The highest BCUT2D eigenvalue weighted by Crippen LogP contribution is 2.29. The lowest BCUT2D eigenvalue weighted by Crippen LogP contribution is -2.24. The number of halogens is 1. The highest BCUT2D eigenvalue weighted by molar-refractivity contribution is 8.00. The lowest BCUT2D eigenvalue weighted by atomic mass is 10.1. The first-order chi connectivity index (χ1) is 15.9. The minimum Gasteiger partial charge on any atom is -0.366 e. The molecule has 0 aliphatic heterocycles. The van der Waals surface area contributed by atoms with Crippen LogP contribution >= 0.6 is 34.7 Å². The molecule has 0 aliphatic rings. The largest absolute Gasteiger partial charge is 0.366 e. The zero-order valence-electron chi connectivity index (χ0n) is 17.6. The van der Waals surface area contributed by atoms with Crippen molar-refractivity contribution >= 4 is 51.5 Å². The van der Waals surface area contributed by atoms with Crippen molar-refractivity contribution in [3.8, 4) is 5.69 Å². The summed E-state index contributed by atoms with van der Waals surface area (Å²) in [4.78, 5) is 24.4. The van der Waals surface area contributed by atoms with E-state index in [1.807, 2.05) is 47.0 Å². The van der Waals surface area contributed by atoms with Gasteiger partial charge in [-0.05, 0) is 48.2 Å². The number of amides is 2. The lowest BCUT2D eigenvalue weighted by Gasteiger charge is -2.14. The molecule has 4 aromatic rings. The van der Waals surface area contributed by atoms with Crippen LogP contribution in [0.1, 0.15) is 28.7 Å². The van der Waals surface area contributed by atoms with E-state index in [1.54, 1.807) is 30.5 Å². The van der Waals surface area contributed by atoms with Gasteiger partial charge in [-0.15, -0.1) is 21.5 Å². The summed E-state index contributed by atoms with van der Waals surface area (Å²) in [5.74, 6) is -0.104. The van der Waals surface area contributed by atoms with Crippen molar-refractivity contribution in [3.63, 3.8) is 0 Å². The van der Waals surface area contributed by atoms with Crippen molar-refractivity contribution < 1.29 is 9.59 Å². The Labute approximate surface area is 204 Å². The number of nitrogens with zero attached hydrogens (tertiary/aromatic N) is 3. The number of aromatic nitrogens is 3. The van der Waals surface area contributed by atoms with Crippen LogP contribution in [0.15, 0.2) is 71.2 Å². The number of nitrogens with two attached hydrogens (primary N) is 1. The normalized spacial score (nSPS) is 11.8. The molecule has 0 saturated carbocycles. The fourth-order valence-corrected chi connectivity index (χ4v) is 4.95. The Morgan fingerprint density at radius 1 is 1.12 bits per heavy atom. The molecule has 0 saturated heterocycles. The molecule has 4 rings (SSSR count). The molecular formula is C23H20ClN5O2S2. The van der Waals surface area contributed by atoms with Crippen LogP contribution in [-0.4, -0.2) is 31.8 Å². The molecule has 3 N–H and O–H groups in total. The number of primary amides is 1. The third-order valence-corrected chi connectivity index (χ3v) is 6.93. The van der Waals surface area contributed by atoms with E-state index in [9.17, 15) is 9.59 Å². The molecule has 0 spiro atoms. The number of thioether (sulfide) groups is 1. The minimum absolute atomic E-state index is 0.264. The van der Waals surface area contributed by atoms with Crippen LogP contribution in [0.4, 0.5) is 5.00 Å². The molecule has 0 bridgehead atoms. The number of benzene rings is 2. The number of anilines is 1. The molecule has 2 aromatic heterocycles.